The molecule has 0 radical (unpaired) electrons. The van der Waals surface area contributed by atoms with Gasteiger partial charge in [-0.2, -0.15) is 0 Å². The van der Waals surface area contributed by atoms with E-state index in [1.807, 2.05) is 20.8 Å². The molecular formula is C15H24FNO2. The summed E-state index contributed by atoms with van der Waals surface area (Å²) < 4.78 is 24.3. The Morgan fingerprint density at radius 1 is 1.37 bits per heavy atom. The van der Waals surface area contributed by atoms with Crippen LogP contribution < -0.4 is 10.1 Å². The molecule has 19 heavy (non-hydrogen) atoms. The summed E-state index contributed by atoms with van der Waals surface area (Å²) >= 11 is 0. The maximum atomic E-state index is 13.5. The van der Waals surface area contributed by atoms with Crippen LogP contribution in [0, 0.1) is 12.7 Å². The topological polar surface area (TPSA) is 30.5 Å². The van der Waals surface area contributed by atoms with E-state index in [-0.39, 0.29) is 11.9 Å². The second-order valence-electron chi connectivity index (χ2n) is 4.62. The maximum Gasteiger partial charge on any atom is 0.165 e. The average Bonchev–Trinajstić information content (AvgIpc) is 2.38. The SMILES string of the molecule is CCOCCCNCC(C)Oc1cc(C)ccc1F. The zero-order chi connectivity index (χ0) is 14.1. The molecule has 3 nitrogen and oxygen atoms in total. The molecule has 1 rings (SSSR count). The van der Waals surface area contributed by atoms with Gasteiger partial charge in [-0.1, -0.05) is 6.07 Å². The molecule has 1 unspecified atom stereocenters. The molecule has 1 N–H and O–H groups in total. The lowest BCUT2D eigenvalue weighted by Gasteiger charge is -2.16. The Labute approximate surface area is 115 Å². The lowest BCUT2D eigenvalue weighted by molar-refractivity contribution is 0.143. The molecule has 0 aromatic heterocycles. The first-order valence-electron chi connectivity index (χ1n) is 6.84. The summed E-state index contributed by atoms with van der Waals surface area (Å²) in [7, 11) is 0. The normalized spacial score (nSPS) is 12.4. The van der Waals surface area contributed by atoms with Crippen molar-refractivity contribution < 1.29 is 13.9 Å². The highest BCUT2D eigenvalue weighted by Gasteiger charge is 2.08. The highest BCUT2D eigenvalue weighted by Crippen LogP contribution is 2.19. The van der Waals surface area contributed by atoms with Crippen molar-refractivity contribution in [1.82, 2.24) is 5.32 Å². The van der Waals surface area contributed by atoms with Crippen molar-refractivity contribution in [1.29, 1.82) is 0 Å². The van der Waals surface area contributed by atoms with Crippen LogP contribution in [-0.2, 0) is 4.74 Å². The van der Waals surface area contributed by atoms with Crippen LogP contribution in [-0.4, -0.2) is 32.4 Å². The summed E-state index contributed by atoms with van der Waals surface area (Å²) in [6.07, 6.45) is 0.905. The molecule has 0 aliphatic heterocycles. The monoisotopic (exact) mass is 269 g/mol. The largest absolute Gasteiger partial charge is 0.486 e. The Hall–Kier alpha value is -1.13. The molecular weight excluding hydrogens is 245 g/mol. The maximum absolute atomic E-state index is 13.5. The number of aryl methyl sites for hydroxylation is 1. The lowest BCUT2D eigenvalue weighted by atomic mass is 10.2. The molecule has 1 aromatic rings. The molecule has 0 heterocycles. The van der Waals surface area contributed by atoms with Gasteiger partial charge >= 0.3 is 0 Å². The van der Waals surface area contributed by atoms with Crippen LogP contribution in [0.5, 0.6) is 5.75 Å². The third kappa shape index (κ3) is 6.55. The van der Waals surface area contributed by atoms with Gasteiger partial charge in [0.15, 0.2) is 11.6 Å². The Morgan fingerprint density at radius 2 is 2.16 bits per heavy atom. The summed E-state index contributed by atoms with van der Waals surface area (Å²) in [6, 6.07) is 4.90. The van der Waals surface area contributed by atoms with Gasteiger partial charge in [0.2, 0.25) is 0 Å². The summed E-state index contributed by atoms with van der Waals surface area (Å²) in [6.45, 7) is 8.93. The van der Waals surface area contributed by atoms with E-state index < -0.39 is 0 Å². The van der Waals surface area contributed by atoms with Crippen LogP contribution in [0.4, 0.5) is 4.39 Å². The van der Waals surface area contributed by atoms with Gasteiger partial charge in [0.25, 0.3) is 0 Å². The van der Waals surface area contributed by atoms with Gasteiger partial charge in [-0.05, 0) is 51.4 Å². The van der Waals surface area contributed by atoms with E-state index in [1.165, 1.54) is 6.07 Å². The molecule has 0 aliphatic rings. The molecule has 4 heteroatoms. The molecule has 1 aromatic carbocycles. The van der Waals surface area contributed by atoms with Crippen LogP contribution in [0.2, 0.25) is 0 Å². The van der Waals surface area contributed by atoms with E-state index >= 15 is 0 Å². The summed E-state index contributed by atoms with van der Waals surface area (Å²) in [5.74, 6) is 0.0115. The zero-order valence-corrected chi connectivity index (χ0v) is 12.0. The van der Waals surface area contributed by atoms with Crippen molar-refractivity contribution >= 4 is 0 Å². The number of rotatable bonds is 9. The van der Waals surface area contributed by atoms with Gasteiger partial charge in [0, 0.05) is 19.8 Å². The number of nitrogens with one attached hydrogen (secondary N) is 1. The number of benzene rings is 1. The molecule has 0 fully saturated rings. The Bertz CT molecular complexity index is 371. The van der Waals surface area contributed by atoms with Crippen molar-refractivity contribution in [3.63, 3.8) is 0 Å². The molecule has 1 atom stereocenters. The first kappa shape index (κ1) is 15.9. The van der Waals surface area contributed by atoms with Gasteiger partial charge in [-0.15, -0.1) is 0 Å². The molecule has 0 amide bonds. The fourth-order valence-corrected chi connectivity index (χ4v) is 1.71. The van der Waals surface area contributed by atoms with E-state index in [4.69, 9.17) is 9.47 Å². The second kappa shape index (κ2) is 8.88. The van der Waals surface area contributed by atoms with Crippen LogP contribution >= 0.6 is 0 Å². The quantitative estimate of drug-likeness (QED) is 0.699. The summed E-state index contributed by atoms with van der Waals surface area (Å²) in [5.41, 5.74) is 0.994. The number of hydrogen-bond acceptors (Lipinski definition) is 3. The third-order valence-corrected chi connectivity index (χ3v) is 2.69. The fraction of sp³-hybridized carbons (Fsp3) is 0.600. The average molecular weight is 269 g/mol. The van der Waals surface area contributed by atoms with E-state index in [9.17, 15) is 4.39 Å². The highest BCUT2D eigenvalue weighted by molar-refractivity contribution is 5.29. The van der Waals surface area contributed by atoms with Crippen LogP contribution in [0.3, 0.4) is 0 Å². The van der Waals surface area contributed by atoms with Crippen molar-refractivity contribution in [3.8, 4) is 5.75 Å². The molecule has 0 saturated heterocycles. The summed E-state index contributed by atoms with van der Waals surface area (Å²) in [5, 5.41) is 3.27. The van der Waals surface area contributed by atoms with E-state index in [2.05, 4.69) is 5.32 Å². The highest BCUT2D eigenvalue weighted by atomic mass is 19.1. The van der Waals surface area contributed by atoms with Crippen LogP contribution in [0.1, 0.15) is 25.8 Å². The minimum absolute atomic E-state index is 0.0663. The number of halogens is 1. The zero-order valence-electron chi connectivity index (χ0n) is 12.0. The molecule has 0 spiro atoms. The Morgan fingerprint density at radius 3 is 2.89 bits per heavy atom. The van der Waals surface area contributed by atoms with E-state index in [0.717, 1.165) is 31.7 Å². The Kier molecular flexibility index (Phi) is 7.45. The standard InChI is InChI=1S/C15H24FNO2/c1-4-18-9-5-8-17-11-13(3)19-15-10-12(2)6-7-14(15)16/h6-7,10,13,17H,4-5,8-9,11H2,1-3H3. The van der Waals surface area contributed by atoms with Crippen LogP contribution in [0.25, 0.3) is 0 Å². The van der Waals surface area contributed by atoms with Crippen molar-refractivity contribution in [2.24, 2.45) is 0 Å². The number of ether oxygens (including phenoxy) is 2. The van der Waals surface area contributed by atoms with Gasteiger partial charge in [0.05, 0.1) is 0 Å². The lowest BCUT2D eigenvalue weighted by Crippen LogP contribution is -2.30. The predicted molar refractivity (Wildman–Crippen MR) is 75.2 cm³/mol. The minimum Gasteiger partial charge on any atom is -0.486 e. The molecule has 0 bridgehead atoms. The summed E-state index contributed by atoms with van der Waals surface area (Å²) in [4.78, 5) is 0. The van der Waals surface area contributed by atoms with Gasteiger partial charge in [-0.3, -0.25) is 0 Å². The molecule has 0 saturated carbocycles. The first-order chi connectivity index (χ1) is 9.13. The predicted octanol–water partition coefficient (Wildman–Crippen LogP) is 2.92. The smallest absolute Gasteiger partial charge is 0.165 e. The van der Waals surface area contributed by atoms with E-state index in [1.54, 1.807) is 12.1 Å². The van der Waals surface area contributed by atoms with Crippen LogP contribution in [0.15, 0.2) is 18.2 Å². The fourth-order valence-electron chi connectivity index (χ4n) is 1.71. The van der Waals surface area contributed by atoms with E-state index in [0.29, 0.717) is 12.3 Å². The van der Waals surface area contributed by atoms with Gasteiger partial charge in [0.1, 0.15) is 6.10 Å². The number of hydrogen-bond donors (Lipinski definition) is 1. The van der Waals surface area contributed by atoms with Gasteiger partial charge in [-0.25, -0.2) is 4.39 Å². The van der Waals surface area contributed by atoms with Crippen molar-refractivity contribution in [2.45, 2.75) is 33.3 Å². The second-order valence-corrected chi connectivity index (χ2v) is 4.62. The third-order valence-electron chi connectivity index (χ3n) is 2.69. The van der Waals surface area contributed by atoms with Gasteiger partial charge < -0.3 is 14.8 Å². The first-order valence-corrected chi connectivity index (χ1v) is 6.84. The van der Waals surface area contributed by atoms with Crippen molar-refractivity contribution in [3.05, 3.63) is 29.6 Å². The van der Waals surface area contributed by atoms with Crippen molar-refractivity contribution in [2.75, 3.05) is 26.3 Å². The molecule has 0 aliphatic carbocycles. The molecule has 108 valence electrons. The Balaban J connectivity index is 2.23. The minimum atomic E-state index is -0.311.